The van der Waals surface area contributed by atoms with Gasteiger partial charge in [-0.05, 0) is 25.3 Å². The number of halogens is 1. The predicted octanol–water partition coefficient (Wildman–Crippen LogP) is -0.516. The standard InChI is InChI=1S/C11H20N4O3.ClH/c12-6-7-2-1-3-8(7)10(17)14-5-4-9(16)15-11(13)18;/h7-8H,1-6,12H2,(H,14,17)(H3,13,15,16,18);1H/t7-,8-;/m1./s1. The SMILES string of the molecule is Cl.NC[C@H]1CCC[C@H]1C(=O)NCCC(=O)NC(N)=O. The van der Waals surface area contributed by atoms with Crippen molar-refractivity contribution in [3.63, 3.8) is 0 Å². The van der Waals surface area contributed by atoms with Gasteiger partial charge in [0.2, 0.25) is 11.8 Å². The molecule has 0 radical (unpaired) electrons. The van der Waals surface area contributed by atoms with E-state index in [1.165, 1.54) is 0 Å². The van der Waals surface area contributed by atoms with Crippen LogP contribution in [0.4, 0.5) is 4.79 Å². The number of carbonyl (C=O) groups excluding carboxylic acids is 3. The summed E-state index contributed by atoms with van der Waals surface area (Å²) in [6.45, 7) is 0.714. The monoisotopic (exact) mass is 292 g/mol. The maximum atomic E-state index is 11.8. The molecule has 4 amide bonds. The first-order valence-electron chi connectivity index (χ1n) is 6.11. The molecule has 0 saturated heterocycles. The van der Waals surface area contributed by atoms with E-state index in [9.17, 15) is 14.4 Å². The molecule has 7 nitrogen and oxygen atoms in total. The van der Waals surface area contributed by atoms with E-state index < -0.39 is 11.9 Å². The van der Waals surface area contributed by atoms with Crippen LogP contribution >= 0.6 is 12.4 Å². The van der Waals surface area contributed by atoms with Crippen molar-refractivity contribution in [3.8, 4) is 0 Å². The Morgan fingerprint density at radius 2 is 1.89 bits per heavy atom. The molecule has 19 heavy (non-hydrogen) atoms. The number of nitrogens with one attached hydrogen (secondary N) is 2. The lowest BCUT2D eigenvalue weighted by atomic mass is 9.95. The summed E-state index contributed by atoms with van der Waals surface area (Å²) in [5.41, 5.74) is 10.4. The largest absolute Gasteiger partial charge is 0.355 e. The lowest BCUT2D eigenvalue weighted by molar-refractivity contribution is -0.126. The second kappa shape index (κ2) is 8.71. The summed E-state index contributed by atoms with van der Waals surface area (Å²) in [6.07, 6.45) is 2.88. The van der Waals surface area contributed by atoms with Crippen LogP contribution in [0, 0.1) is 11.8 Å². The second-order valence-electron chi connectivity index (χ2n) is 4.49. The molecule has 0 bridgehead atoms. The summed E-state index contributed by atoms with van der Waals surface area (Å²) in [7, 11) is 0. The van der Waals surface area contributed by atoms with Crippen molar-refractivity contribution < 1.29 is 14.4 Å². The van der Waals surface area contributed by atoms with Gasteiger partial charge in [0.25, 0.3) is 0 Å². The van der Waals surface area contributed by atoms with Gasteiger partial charge in [-0.25, -0.2) is 4.79 Å². The van der Waals surface area contributed by atoms with Crippen molar-refractivity contribution in [2.24, 2.45) is 23.3 Å². The van der Waals surface area contributed by atoms with Crippen LogP contribution in [0.25, 0.3) is 0 Å². The van der Waals surface area contributed by atoms with Crippen LogP contribution in [-0.4, -0.2) is 30.9 Å². The van der Waals surface area contributed by atoms with Gasteiger partial charge in [-0.2, -0.15) is 0 Å². The lowest BCUT2D eigenvalue weighted by Gasteiger charge is -2.17. The summed E-state index contributed by atoms with van der Waals surface area (Å²) in [4.78, 5) is 33.3. The number of hydrogen-bond acceptors (Lipinski definition) is 4. The number of primary amides is 1. The van der Waals surface area contributed by atoms with E-state index in [1.54, 1.807) is 0 Å². The molecule has 110 valence electrons. The fourth-order valence-electron chi connectivity index (χ4n) is 2.29. The highest BCUT2D eigenvalue weighted by molar-refractivity contribution is 5.93. The Morgan fingerprint density at radius 3 is 2.47 bits per heavy atom. The number of imide groups is 1. The number of urea groups is 1. The second-order valence-corrected chi connectivity index (χ2v) is 4.49. The van der Waals surface area contributed by atoms with Crippen LogP contribution in [-0.2, 0) is 9.59 Å². The minimum atomic E-state index is -0.884. The minimum absolute atomic E-state index is 0. The number of hydrogen-bond donors (Lipinski definition) is 4. The first kappa shape index (κ1) is 17.7. The first-order valence-corrected chi connectivity index (χ1v) is 6.11. The molecule has 1 aliphatic rings. The first-order chi connectivity index (χ1) is 8.54. The third-order valence-electron chi connectivity index (χ3n) is 3.21. The average molecular weight is 293 g/mol. The molecule has 0 spiro atoms. The molecule has 0 aromatic heterocycles. The van der Waals surface area contributed by atoms with E-state index >= 15 is 0 Å². The molecular formula is C11H21ClN4O3. The van der Waals surface area contributed by atoms with Crippen molar-refractivity contribution in [1.82, 2.24) is 10.6 Å². The molecule has 2 atom stereocenters. The Bertz CT molecular complexity index is 338. The molecule has 0 aliphatic heterocycles. The number of rotatable bonds is 5. The molecule has 8 heteroatoms. The van der Waals surface area contributed by atoms with E-state index in [1.807, 2.05) is 5.32 Å². The van der Waals surface area contributed by atoms with E-state index in [-0.39, 0.29) is 43.1 Å². The smallest absolute Gasteiger partial charge is 0.318 e. The van der Waals surface area contributed by atoms with Crippen LogP contribution in [0.15, 0.2) is 0 Å². The van der Waals surface area contributed by atoms with Gasteiger partial charge in [0.05, 0.1) is 0 Å². The van der Waals surface area contributed by atoms with Crippen molar-refractivity contribution in [3.05, 3.63) is 0 Å². The fourth-order valence-corrected chi connectivity index (χ4v) is 2.29. The zero-order valence-electron chi connectivity index (χ0n) is 10.7. The van der Waals surface area contributed by atoms with Crippen LogP contribution in [0.1, 0.15) is 25.7 Å². The van der Waals surface area contributed by atoms with Gasteiger partial charge in [0.15, 0.2) is 0 Å². The number of nitrogens with two attached hydrogens (primary N) is 2. The number of amides is 4. The van der Waals surface area contributed by atoms with Crippen LogP contribution in [0.3, 0.4) is 0 Å². The molecule has 0 aromatic carbocycles. The van der Waals surface area contributed by atoms with Gasteiger partial charge < -0.3 is 16.8 Å². The highest BCUT2D eigenvalue weighted by Crippen LogP contribution is 2.30. The Morgan fingerprint density at radius 1 is 1.21 bits per heavy atom. The Labute approximate surface area is 118 Å². The number of carbonyl (C=O) groups is 3. The minimum Gasteiger partial charge on any atom is -0.355 e. The summed E-state index contributed by atoms with van der Waals surface area (Å²) in [6, 6.07) is -0.884. The zero-order chi connectivity index (χ0) is 13.5. The maximum Gasteiger partial charge on any atom is 0.318 e. The van der Waals surface area contributed by atoms with Gasteiger partial charge in [0.1, 0.15) is 0 Å². The Balaban J connectivity index is 0.00000324. The molecule has 0 aromatic rings. The van der Waals surface area contributed by atoms with E-state index in [0.717, 1.165) is 19.3 Å². The highest BCUT2D eigenvalue weighted by Gasteiger charge is 2.31. The van der Waals surface area contributed by atoms with Crippen LogP contribution in [0.2, 0.25) is 0 Å². The molecule has 0 unspecified atom stereocenters. The maximum absolute atomic E-state index is 11.8. The Kier molecular flexibility index (Phi) is 8.09. The molecule has 1 fully saturated rings. The summed E-state index contributed by atoms with van der Waals surface area (Å²) in [5, 5.41) is 4.62. The molecule has 1 rings (SSSR count). The van der Waals surface area contributed by atoms with Crippen molar-refractivity contribution in [2.75, 3.05) is 13.1 Å². The molecule has 6 N–H and O–H groups in total. The van der Waals surface area contributed by atoms with Crippen LogP contribution in [0.5, 0.6) is 0 Å². The molecule has 1 aliphatic carbocycles. The van der Waals surface area contributed by atoms with E-state index in [0.29, 0.717) is 6.54 Å². The fraction of sp³-hybridized carbons (Fsp3) is 0.727. The van der Waals surface area contributed by atoms with Crippen molar-refractivity contribution in [2.45, 2.75) is 25.7 Å². The van der Waals surface area contributed by atoms with Crippen LogP contribution < -0.4 is 22.1 Å². The van der Waals surface area contributed by atoms with E-state index in [2.05, 4.69) is 5.32 Å². The summed E-state index contributed by atoms with van der Waals surface area (Å²) >= 11 is 0. The lowest BCUT2D eigenvalue weighted by Crippen LogP contribution is -2.39. The van der Waals surface area contributed by atoms with Gasteiger partial charge >= 0.3 is 6.03 Å². The highest BCUT2D eigenvalue weighted by atomic mass is 35.5. The van der Waals surface area contributed by atoms with Gasteiger partial charge in [0, 0.05) is 18.9 Å². The average Bonchev–Trinajstić information content (AvgIpc) is 2.75. The molecular weight excluding hydrogens is 272 g/mol. The molecule has 1 saturated carbocycles. The van der Waals surface area contributed by atoms with Crippen molar-refractivity contribution in [1.29, 1.82) is 0 Å². The quantitative estimate of drug-likeness (QED) is 0.544. The van der Waals surface area contributed by atoms with Crippen molar-refractivity contribution >= 4 is 30.3 Å². The van der Waals surface area contributed by atoms with Gasteiger partial charge in [-0.15, -0.1) is 12.4 Å². The molecule has 0 heterocycles. The Hall–Kier alpha value is -1.34. The summed E-state index contributed by atoms with van der Waals surface area (Å²) < 4.78 is 0. The summed E-state index contributed by atoms with van der Waals surface area (Å²) in [5.74, 6) is -0.363. The third-order valence-corrected chi connectivity index (χ3v) is 3.21. The zero-order valence-corrected chi connectivity index (χ0v) is 11.5. The van der Waals surface area contributed by atoms with Gasteiger partial charge in [-0.1, -0.05) is 6.42 Å². The third kappa shape index (κ3) is 5.89. The normalized spacial score (nSPS) is 21.3. The van der Waals surface area contributed by atoms with E-state index in [4.69, 9.17) is 11.5 Å². The topological polar surface area (TPSA) is 127 Å². The van der Waals surface area contributed by atoms with Gasteiger partial charge in [-0.3, -0.25) is 14.9 Å². The predicted molar refractivity (Wildman–Crippen MR) is 72.5 cm³/mol.